The Morgan fingerprint density at radius 1 is 1.33 bits per heavy atom. The van der Waals surface area contributed by atoms with Crippen molar-refractivity contribution in [3.63, 3.8) is 0 Å². The molecule has 2 N–H and O–H groups in total. The predicted molar refractivity (Wildman–Crippen MR) is 51.4 cm³/mol. The summed E-state index contributed by atoms with van der Waals surface area (Å²) in [6, 6.07) is 0.536. The van der Waals surface area contributed by atoms with E-state index >= 15 is 0 Å². The first-order valence-corrected chi connectivity index (χ1v) is 4.03. The standard InChI is InChI=1S/C6H13N.C2H4O2.ClH/c7-6-4-2-1-3-5-6;1-4-2-3;/h6H,1-5,7H2;2H,1H3;1H. The minimum absolute atomic E-state index is 0. The van der Waals surface area contributed by atoms with Crippen LogP contribution in [0.5, 0.6) is 0 Å². The Labute approximate surface area is 80.1 Å². The summed E-state index contributed by atoms with van der Waals surface area (Å²) in [7, 11) is 1.31. The molecule has 0 atom stereocenters. The third kappa shape index (κ3) is 9.72. The molecule has 1 rings (SSSR count). The topological polar surface area (TPSA) is 52.3 Å². The lowest BCUT2D eigenvalue weighted by Crippen LogP contribution is -2.22. The first-order valence-electron chi connectivity index (χ1n) is 4.03. The molecule has 0 unspecified atom stereocenters. The van der Waals surface area contributed by atoms with Crippen LogP contribution >= 0.6 is 12.4 Å². The Kier molecular flexibility index (Phi) is 12.7. The summed E-state index contributed by atoms with van der Waals surface area (Å²) in [6.07, 6.45) is 6.66. The molecule has 1 fully saturated rings. The number of carbonyl (C=O) groups excluding carboxylic acids is 1. The van der Waals surface area contributed by atoms with Crippen LogP contribution in [0.4, 0.5) is 0 Å². The predicted octanol–water partition coefficient (Wildman–Crippen LogP) is 1.49. The van der Waals surface area contributed by atoms with Gasteiger partial charge < -0.3 is 10.5 Å². The molecule has 3 nitrogen and oxygen atoms in total. The Morgan fingerprint density at radius 2 is 1.75 bits per heavy atom. The van der Waals surface area contributed by atoms with E-state index in [-0.39, 0.29) is 12.4 Å². The van der Waals surface area contributed by atoms with Crippen LogP contribution in [0.25, 0.3) is 0 Å². The molecule has 0 aromatic carbocycles. The van der Waals surface area contributed by atoms with Gasteiger partial charge in [0.2, 0.25) is 0 Å². The average Bonchev–Trinajstić information content (AvgIpc) is 2.07. The van der Waals surface area contributed by atoms with Gasteiger partial charge >= 0.3 is 0 Å². The van der Waals surface area contributed by atoms with Gasteiger partial charge in [-0.05, 0) is 12.8 Å². The normalized spacial score (nSPS) is 16.5. The van der Waals surface area contributed by atoms with Gasteiger partial charge in [-0.25, -0.2) is 0 Å². The molecule has 1 aliphatic carbocycles. The maximum absolute atomic E-state index is 8.95. The number of hydrogen-bond donors (Lipinski definition) is 1. The van der Waals surface area contributed by atoms with Crippen molar-refractivity contribution in [2.75, 3.05) is 7.11 Å². The van der Waals surface area contributed by atoms with E-state index in [0.717, 1.165) is 0 Å². The second kappa shape index (κ2) is 10.7. The van der Waals surface area contributed by atoms with E-state index in [2.05, 4.69) is 4.74 Å². The number of hydrogen-bond acceptors (Lipinski definition) is 3. The van der Waals surface area contributed by atoms with Crippen molar-refractivity contribution in [1.82, 2.24) is 0 Å². The van der Waals surface area contributed by atoms with Crippen molar-refractivity contribution in [1.29, 1.82) is 0 Å². The van der Waals surface area contributed by atoms with Crippen molar-refractivity contribution in [2.24, 2.45) is 5.73 Å². The number of nitrogens with two attached hydrogens (primary N) is 1. The monoisotopic (exact) mass is 195 g/mol. The maximum Gasteiger partial charge on any atom is 0.292 e. The van der Waals surface area contributed by atoms with E-state index in [1.807, 2.05) is 0 Å². The lowest BCUT2D eigenvalue weighted by atomic mass is 9.97. The van der Waals surface area contributed by atoms with Gasteiger partial charge in [-0.1, -0.05) is 19.3 Å². The summed E-state index contributed by atoms with van der Waals surface area (Å²) in [5.74, 6) is 0. The Morgan fingerprint density at radius 3 is 1.92 bits per heavy atom. The highest BCUT2D eigenvalue weighted by Crippen LogP contribution is 2.14. The zero-order valence-electron chi connectivity index (χ0n) is 7.49. The minimum atomic E-state index is 0. The van der Waals surface area contributed by atoms with Gasteiger partial charge in [0.15, 0.2) is 0 Å². The van der Waals surface area contributed by atoms with E-state index in [0.29, 0.717) is 12.5 Å². The van der Waals surface area contributed by atoms with Crippen molar-refractivity contribution >= 4 is 18.9 Å². The van der Waals surface area contributed by atoms with E-state index in [1.54, 1.807) is 0 Å². The fraction of sp³-hybridized carbons (Fsp3) is 0.875. The fourth-order valence-corrected chi connectivity index (χ4v) is 1.13. The van der Waals surface area contributed by atoms with E-state index in [1.165, 1.54) is 39.2 Å². The largest absolute Gasteiger partial charge is 0.471 e. The molecule has 0 spiro atoms. The van der Waals surface area contributed by atoms with Gasteiger partial charge in [0.05, 0.1) is 7.11 Å². The molecule has 0 saturated heterocycles. The second-order valence-corrected chi connectivity index (χ2v) is 2.73. The van der Waals surface area contributed by atoms with E-state index in [4.69, 9.17) is 10.5 Å². The third-order valence-corrected chi connectivity index (χ3v) is 1.75. The maximum atomic E-state index is 8.95. The van der Waals surface area contributed by atoms with Gasteiger partial charge in [-0.2, -0.15) is 0 Å². The van der Waals surface area contributed by atoms with Crippen LogP contribution in [0, 0.1) is 0 Å². The van der Waals surface area contributed by atoms with Crippen LogP contribution in [0.1, 0.15) is 32.1 Å². The van der Waals surface area contributed by atoms with Crippen LogP contribution < -0.4 is 5.73 Å². The zero-order valence-corrected chi connectivity index (χ0v) is 8.31. The quantitative estimate of drug-likeness (QED) is 0.645. The molecule has 1 aliphatic rings. The third-order valence-electron chi connectivity index (χ3n) is 1.75. The molecular weight excluding hydrogens is 178 g/mol. The molecule has 4 heteroatoms. The summed E-state index contributed by atoms with van der Waals surface area (Å²) < 4.78 is 3.86. The summed E-state index contributed by atoms with van der Waals surface area (Å²) in [4.78, 5) is 8.95. The highest BCUT2D eigenvalue weighted by Gasteiger charge is 2.06. The molecule has 0 bridgehead atoms. The Bertz CT molecular complexity index is 95.1. The molecule has 0 heterocycles. The van der Waals surface area contributed by atoms with E-state index in [9.17, 15) is 0 Å². The molecule has 0 aromatic heterocycles. The molecule has 74 valence electrons. The molecule has 1 saturated carbocycles. The lowest BCUT2D eigenvalue weighted by molar-refractivity contribution is -0.126. The molecular formula is C8H18ClNO2. The van der Waals surface area contributed by atoms with Gasteiger partial charge in [0.1, 0.15) is 0 Å². The number of halogens is 1. The Hall–Kier alpha value is -0.280. The van der Waals surface area contributed by atoms with Crippen LogP contribution in [0.3, 0.4) is 0 Å². The number of carbonyl (C=O) groups is 1. The van der Waals surface area contributed by atoms with Crippen molar-refractivity contribution in [2.45, 2.75) is 38.1 Å². The molecule has 12 heavy (non-hydrogen) atoms. The highest BCUT2D eigenvalue weighted by molar-refractivity contribution is 5.85. The van der Waals surface area contributed by atoms with Crippen LogP contribution in [-0.2, 0) is 9.53 Å². The minimum Gasteiger partial charge on any atom is -0.471 e. The van der Waals surface area contributed by atoms with Gasteiger partial charge in [-0.3, -0.25) is 4.79 Å². The SMILES string of the molecule is COC=O.Cl.NC1CCCCC1. The number of methoxy groups -OCH3 is 1. The smallest absolute Gasteiger partial charge is 0.292 e. The number of ether oxygens (including phenoxy) is 1. The van der Waals surface area contributed by atoms with Gasteiger partial charge in [0.25, 0.3) is 6.47 Å². The lowest BCUT2D eigenvalue weighted by Gasteiger charge is -2.15. The zero-order chi connectivity index (χ0) is 8.53. The summed E-state index contributed by atoms with van der Waals surface area (Å²) >= 11 is 0. The highest BCUT2D eigenvalue weighted by atomic mass is 35.5. The van der Waals surface area contributed by atoms with Crippen LogP contribution in [0.2, 0.25) is 0 Å². The van der Waals surface area contributed by atoms with E-state index < -0.39 is 0 Å². The average molecular weight is 196 g/mol. The fourth-order valence-electron chi connectivity index (χ4n) is 1.13. The van der Waals surface area contributed by atoms with Crippen LogP contribution in [-0.4, -0.2) is 19.6 Å². The van der Waals surface area contributed by atoms with Crippen LogP contribution in [0.15, 0.2) is 0 Å². The van der Waals surface area contributed by atoms with Crippen molar-refractivity contribution in [3.8, 4) is 0 Å². The molecule has 0 radical (unpaired) electrons. The summed E-state index contributed by atoms with van der Waals surface area (Å²) in [6.45, 7) is 0.375. The molecule has 0 amide bonds. The number of rotatable bonds is 1. The first kappa shape index (κ1) is 14.3. The second-order valence-electron chi connectivity index (χ2n) is 2.73. The van der Waals surface area contributed by atoms with Crippen molar-refractivity contribution < 1.29 is 9.53 Å². The van der Waals surface area contributed by atoms with Crippen molar-refractivity contribution in [3.05, 3.63) is 0 Å². The first-order chi connectivity index (χ1) is 5.31. The molecule has 0 aromatic rings. The van der Waals surface area contributed by atoms with Gasteiger partial charge in [-0.15, -0.1) is 12.4 Å². The summed E-state index contributed by atoms with van der Waals surface area (Å²) in [5, 5.41) is 0. The Balaban J connectivity index is 0. The van der Waals surface area contributed by atoms with Gasteiger partial charge in [0, 0.05) is 6.04 Å². The summed E-state index contributed by atoms with van der Waals surface area (Å²) in [5.41, 5.74) is 5.63. The molecule has 0 aliphatic heterocycles.